The summed E-state index contributed by atoms with van der Waals surface area (Å²) in [5, 5.41) is 3.70. The van der Waals surface area contributed by atoms with Gasteiger partial charge in [0.15, 0.2) is 0 Å². The summed E-state index contributed by atoms with van der Waals surface area (Å²) in [5.74, 6) is 4.44. The Hall–Kier alpha value is 0.310. The average Bonchev–Trinajstić information content (AvgIpc) is 2.65. The van der Waals surface area contributed by atoms with E-state index in [9.17, 15) is 0 Å². The van der Waals surface area contributed by atoms with Crippen molar-refractivity contribution in [1.29, 1.82) is 0 Å². The molecule has 2 unspecified atom stereocenters. The minimum Gasteiger partial charge on any atom is -0.313 e. The summed E-state index contributed by atoms with van der Waals surface area (Å²) in [4.78, 5) is 0. The molecule has 1 nitrogen and oxygen atoms in total. The van der Waals surface area contributed by atoms with Gasteiger partial charge in [-0.05, 0) is 36.9 Å². The van der Waals surface area contributed by atoms with Gasteiger partial charge in [0.1, 0.15) is 0 Å². The molecule has 1 N–H and O–H groups in total. The smallest absolute Gasteiger partial charge is 0.00701 e. The van der Waals surface area contributed by atoms with E-state index in [1.54, 1.807) is 0 Å². The van der Waals surface area contributed by atoms with Crippen molar-refractivity contribution in [2.75, 3.05) is 18.1 Å². The van der Waals surface area contributed by atoms with Crippen molar-refractivity contribution in [3.63, 3.8) is 0 Å². The van der Waals surface area contributed by atoms with Gasteiger partial charge in [0.2, 0.25) is 0 Å². The summed E-state index contributed by atoms with van der Waals surface area (Å²) in [6.45, 7) is 8.12. The highest BCUT2D eigenvalue weighted by atomic mass is 32.2. The molecule has 2 heteroatoms. The van der Waals surface area contributed by atoms with Crippen LogP contribution in [0.2, 0.25) is 0 Å². The van der Waals surface area contributed by atoms with E-state index in [2.05, 4.69) is 37.8 Å². The summed E-state index contributed by atoms with van der Waals surface area (Å²) in [6.07, 6.45) is 5.66. The fourth-order valence-corrected chi connectivity index (χ4v) is 3.19. The normalized spacial score (nSPS) is 26.4. The second-order valence-corrected chi connectivity index (χ2v) is 6.36. The lowest BCUT2D eigenvalue weighted by atomic mass is 10.1. The third kappa shape index (κ3) is 5.82. The van der Waals surface area contributed by atoms with Crippen LogP contribution in [0, 0.1) is 11.8 Å². The zero-order chi connectivity index (χ0) is 11.1. The van der Waals surface area contributed by atoms with E-state index in [1.807, 2.05) is 0 Å². The number of rotatable bonds is 7. The van der Waals surface area contributed by atoms with E-state index in [0.29, 0.717) is 0 Å². The van der Waals surface area contributed by atoms with Crippen LogP contribution in [0.4, 0.5) is 0 Å². The van der Waals surface area contributed by atoms with Crippen molar-refractivity contribution in [1.82, 2.24) is 5.32 Å². The molecule has 0 bridgehead atoms. The quantitative estimate of drug-likeness (QED) is 0.670. The molecule has 0 spiro atoms. The molecule has 15 heavy (non-hydrogen) atoms. The van der Waals surface area contributed by atoms with Crippen LogP contribution in [-0.4, -0.2) is 24.1 Å². The van der Waals surface area contributed by atoms with Crippen LogP contribution in [0.25, 0.3) is 0 Å². The van der Waals surface area contributed by atoms with Gasteiger partial charge in [-0.2, -0.15) is 11.8 Å². The van der Waals surface area contributed by atoms with E-state index >= 15 is 0 Å². The monoisotopic (exact) mass is 229 g/mol. The Morgan fingerprint density at radius 2 is 2.13 bits per heavy atom. The minimum absolute atomic E-state index is 0.828. The molecule has 0 heterocycles. The van der Waals surface area contributed by atoms with Crippen LogP contribution in [0.1, 0.15) is 46.5 Å². The highest BCUT2D eigenvalue weighted by Crippen LogP contribution is 2.27. The van der Waals surface area contributed by atoms with E-state index < -0.39 is 0 Å². The lowest BCUT2D eigenvalue weighted by Crippen LogP contribution is -2.28. The molecule has 0 aromatic carbocycles. The summed E-state index contributed by atoms with van der Waals surface area (Å²) in [5.41, 5.74) is 0. The first-order valence-corrected chi connectivity index (χ1v) is 7.69. The molecule has 2 atom stereocenters. The first kappa shape index (κ1) is 13.4. The Labute approximate surface area is 99.8 Å². The lowest BCUT2D eigenvalue weighted by molar-refractivity contribution is 0.486. The Bertz CT molecular complexity index is 159. The second kappa shape index (κ2) is 7.56. The summed E-state index contributed by atoms with van der Waals surface area (Å²) in [6, 6.07) is 0.828. The molecule has 0 saturated heterocycles. The molecule has 0 aromatic heterocycles. The molecular weight excluding hydrogens is 202 g/mol. The number of hydrogen-bond acceptors (Lipinski definition) is 2. The van der Waals surface area contributed by atoms with Crippen LogP contribution in [0.5, 0.6) is 0 Å². The van der Waals surface area contributed by atoms with Crippen LogP contribution in [0.3, 0.4) is 0 Å². The van der Waals surface area contributed by atoms with E-state index in [0.717, 1.165) is 17.9 Å². The Morgan fingerprint density at radius 3 is 2.73 bits per heavy atom. The van der Waals surface area contributed by atoms with Crippen molar-refractivity contribution >= 4 is 11.8 Å². The zero-order valence-corrected chi connectivity index (χ0v) is 11.4. The van der Waals surface area contributed by atoms with E-state index in [4.69, 9.17) is 0 Å². The molecule has 1 aliphatic carbocycles. The topological polar surface area (TPSA) is 12.0 Å². The number of hydrogen-bond donors (Lipinski definition) is 1. The number of thioether (sulfide) groups is 1. The van der Waals surface area contributed by atoms with E-state index in [1.165, 1.54) is 43.7 Å². The summed E-state index contributed by atoms with van der Waals surface area (Å²) < 4.78 is 0. The fourth-order valence-electron chi connectivity index (χ4n) is 2.29. The molecule has 1 saturated carbocycles. The molecule has 0 amide bonds. The molecule has 1 aliphatic rings. The van der Waals surface area contributed by atoms with Crippen LogP contribution < -0.4 is 5.32 Å². The van der Waals surface area contributed by atoms with Gasteiger partial charge < -0.3 is 5.32 Å². The highest BCUT2D eigenvalue weighted by molar-refractivity contribution is 7.99. The maximum Gasteiger partial charge on any atom is 0.00701 e. The van der Waals surface area contributed by atoms with Crippen molar-refractivity contribution in [2.24, 2.45) is 11.8 Å². The van der Waals surface area contributed by atoms with Gasteiger partial charge in [-0.15, -0.1) is 0 Å². The van der Waals surface area contributed by atoms with Gasteiger partial charge in [-0.1, -0.05) is 27.2 Å². The number of nitrogens with one attached hydrogen (secondary N) is 1. The average molecular weight is 229 g/mol. The predicted octanol–water partition coefficient (Wildman–Crippen LogP) is 3.54. The fraction of sp³-hybridized carbons (Fsp3) is 1.00. The molecule has 1 fully saturated rings. The van der Waals surface area contributed by atoms with Crippen LogP contribution >= 0.6 is 11.8 Å². The highest BCUT2D eigenvalue weighted by Gasteiger charge is 2.22. The second-order valence-electron chi connectivity index (χ2n) is 5.21. The van der Waals surface area contributed by atoms with Gasteiger partial charge >= 0.3 is 0 Å². The zero-order valence-electron chi connectivity index (χ0n) is 10.6. The minimum atomic E-state index is 0.828. The van der Waals surface area contributed by atoms with Crippen LogP contribution in [-0.2, 0) is 0 Å². The van der Waals surface area contributed by atoms with Crippen molar-refractivity contribution < 1.29 is 0 Å². The Balaban J connectivity index is 1.92. The molecule has 0 radical (unpaired) electrons. The maximum atomic E-state index is 3.70. The van der Waals surface area contributed by atoms with Crippen molar-refractivity contribution in [3.8, 4) is 0 Å². The molecule has 0 aromatic rings. The molecule has 0 aliphatic heterocycles. The van der Waals surface area contributed by atoms with Crippen LogP contribution in [0.15, 0.2) is 0 Å². The lowest BCUT2D eigenvalue weighted by Gasteiger charge is -2.12. The largest absolute Gasteiger partial charge is 0.313 e. The molecular formula is C13H27NS. The standard InChI is InChI=1S/C13H27NS/c1-4-12-5-6-13(9-12)14-7-8-15-10-11(2)3/h11-14H,4-10H2,1-3H3. The Kier molecular flexibility index (Phi) is 6.74. The summed E-state index contributed by atoms with van der Waals surface area (Å²) in [7, 11) is 0. The predicted molar refractivity (Wildman–Crippen MR) is 71.6 cm³/mol. The maximum absolute atomic E-state index is 3.70. The van der Waals surface area contributed by atoms with Gasteiger partial charge in [-0.3, -0.25) is 0 Å². The Morgan fingerprint density at radius 1 is 1.33 bits per heavy atom. The van der Waals surface area contributed by atoms with Gasteiger partial charge in [0.25, 0.3) is 0 Å². The van der Waals surface area contributed by atoms with Gasteiger partial charge in [-0.25, -0.2) is 0 Å². The van der Waals surface area contributed by atoms with Gasteiger partial charge in [0, 0.05) is 18.3 Å². The first-order valence-electron chi connectivity index (χ1n) is 6.53. The van der Waals surface area contributed by atoms with Gasteiger partial charge in [0.05, 0.1) is 0 Å². The third-order valence-electron chi connectivity index (χ3n) is 3.25. The van der Waals surface area contributed by atoms with Crippen molar-refractivity contribution in [2.45, 2.75) is 52.5 Å². The van der Waals surface area contributed by atoms with Crippen molar-refractivity contribution in [3.05, 3.63) is 0 Å². The SMILES string of the molecule is CCC1CCC(NCCSCC(C)C)C1. The molecule has 90 valence electrons. The summed E-state index contributed by atoms with van der Waals surface area (Å²) >= 11 is 2.09. The third-order valence-corrected chi connectivity index (χ3v) is 4.64. The first-order chi connectivity index (χ1) is 7.22. The molecule has 1 rings (SSSR count). The van der Waals surface area contributed by atoms with E-state index in [-0.39, 0.29) is 0 Å².